The minimum atomic E-state index is -0.512. The molecule has 0 aromatic heterocycles. The summed E-state index contributed by atoms with van der Waals surface area (Å²) in [6.45, 7) is 5.44. The molecule has 0 spiro atoms. The van der Waals surface area contributed by atoms with Crippen LogP contribution in [0.2, 0.25) is 0 Å². The molecule has 6 heteroatoms. The van der Waals surface area contributed by atoms with E-state index >= 15 is 0 Å². The summed E-state index contributed by atoms with van der Waals surface area (Å²) in [6.07, 6.45) is 0.406. The molecule has 1 fully saturated rings. The van der Waals surface area contributed by atoms with Crippen molar-refractivity contribution in [3.05, 3.63) is 39.9 Å². The summed E-state index contributed by atoms with van der Waals surface area (Å²) >= 11 is 0. The lowest BCUT2D eigenvalue weighted by molar-refractivity contribution is -0.384. The Morgan fingerprint density at radius 2 is 1.95 bits per heavy atom. The molecule has 1 aliphatic carbocycles. The van der Waals surface area contributed by atoms with Gasteiger partial charge in [-0.05, 0) is 32.8 Å². The zero-order chi connectivity index (χ0) is 14.9. The van der Waals surface area contributed by atoms with E-state index in [2.05, 4.69) is 5.32 Å². The van der Waals surface area contributed by atoms with Crippen LogP contribution in [-0.2, 0) is 4.74 Å². The molecular weight excluding hydrogens is 260 g/mol. The van der Waals surface area contributed by atoms with Gasteiger partial charge in [0.25, 0.3) is 5.69 Å². The van der Waals surface area contributed by atoms with Crippen molar-refractivity contribution in [1.82, 2.24) is 5.32 Å². The number of nitro benzene ring substituents is 1. The second kappa shape index (κ2) is 5.11. The van der Waals surface area contributed by atoms with Crippen LogP contribution < -0.4 is 5.32 Å². The number of non-ortho nitro benzene ring substituents is 1. The lowest BCUT2D eigenvalue weighted by Gasteiger charge is -2.19. The lowest BCUT2D eigenvalue weighted by atomic mass is 10.1. The number of nitrogens with zero attached hydrogens (tertiary/aromatic N) is 1. The van der Waals surface area contributed by atoms with E-state index in [1.54, 1.807) is 12.1 Å². The molecule has 0 unspecified atom stereocenters. The molecule has 0 heterocycles. The second-order valence-corrected chi connectivity index (χ2v) is 5.94. The molecule has 0 aliphatic heterocycles. The van der Waals surface area contributed by atoms with Crippen LogP contribution in [0.5, 0.6) is 0 Å². The van der Waals surface area contributed by atoms with Crippen LogP contribution in [0.4, 0.5) is 10.5 Å². The fourth-order valence-electron chi connectivity index (χ4n) is 2.03. The maximum atomic E-state index is 11.6. The maximum Gasteiger partial charge on any atom is 0.407 e. The van der Waals surface area contributed by atoms with E-state index in [0.717, 1.165) is 12.0 Å². The molecule has 1 aromatic carbocycles. The third kappa shape index (κ3) is 3.69. The molecule has 2 atom stereocenters. The molecule has 2 rings (SSSR count). The summed E-state index contributed by atoms with van der Waals surface area (Å²) in [5, 5.41) is 13.4. The third-order valence-corrected chi connectivity index (χ3v) is 3.02. The van der Waals surface area contributed by atoms with E-state index in [4.69, 9.17) is 4.74 Å². The monoisotopic (exact) mass is 278 g/mol. The average Bonchev–Trinajstić information content (AvgIpc) is 3.05. The molecule has 1 amide bonds. The molecule has 20 heavy (non-hydrogen) atoms. The molecular formula is C14H18N2O4. The van der Waals surface area contributed by atoms with Gasteiger partial charge in [-0.2, -0.15) is 0 Å². The van der Waals surface area contributed by atoms with Gasteiger partial charge in [-0.15, -0.1) is 0 Å². The van der Waals surface area contributed by atoms with Gasteiger partial charge in [-0.3, -0.25) is 10.1 Å². The summed E-state index contributed by atoms with van der Waals surface area (Å²) < 4.78 is 5.18. The normalized spacial score (nSPS) is 21.1. The Hall–Kier alpha value is -2.11. The van der Waals surface area contributed by atoms with E-state index in [-0.39, 0.29) is 17.6 Å². The first kappa shape index (κ1) is 14.3. The molecule has 1 saturated carbocycles. The summed E-state index contributed by atoms with van der Waals surface area (Å²) in [7, 11) is 0. The van der Waals surface area contributed by atoms with Crippen LogP contribution in [-0.4, -0.2) is 22.7 Å². The summed E-state index contributed by atoms with van der Waals surface area (Å²) in [6, 6.07) is 6.49. The third-order valence-electron chi connectivity index (χ3n) is 3.02. The van der Waals surface area contributed by atoms with Crippen molar-refractivity contribution < 1.29 is 14.5 Å². The summed E-state index contributed by atoms with van der Waals surface area (Å²) in [5.74, 6) is 0.211. The topological polar surface area (TPSA) is 81.5 Å². The Morgan fingerprint density at radius 1 is 1.35 bits per heavy atom. The number of carbonyl (C=O) groups excluding carboxylic acids is 1. The van der Waals surface area contributed by atoms with Gasteiger partial charge in [-0.25, -0.2) is 4.79 Å². The number of carbonyl (C=O) groups is 1. The zero-order valence-corrected chi connectivity index (χ0v) is 11.8. The minimum Gasteiger partial charge on any atom is -0.444 e. The lowest BCUT2D eigenvalue weighted by Crippen LogP contribution is -2.34. The van der Waals surface area contributed by atoms with E-state index in [1.165, 1.54) is 12.1 Å². The highest BCUT2D eigenvalue weighted by Crippen LogP contribution is 2.41. The second-order valence-electron chi connectivity index (χ2n) is 5.94. The largest absolute Gasteiger partial charge is 0.444 e. The number of amides is 1. The number of benzene rings is 1. The van der Waals surface area contributed by atoms with Crippen LogP contribution in [0.25, 0.3) is 0 Å². The Balaban J connectivity index is 1.88. The van der Waals surface area contributed by atoms with Gasteiger partial charge in [0.15, 0.2) is 0 Å². The van der Waals surface area contributed by atoms with Crippen LogP contribution in [0, 0.1) is 10.1 Å². The van der Waals surface area contributed by atoms with Gasteiger partial charge in [-0.1, -0.05) is 12.1 Å². The number of alkyl carbamates (subject to hydrolysis) is 1. The van der Waals surface area contributed by atoms with Gasteiger partial charge in [0.05, 0.1) is 4.92 Å². The highest BCUT2D eigenvalue weighted by Gasteiger charge is 2.40. The van der Waals surface area contributed by atoms with Crippen molar-refractivity contribution in [1.29, 1.82) is 0 Å². The molecule has 1 aliphatic rings. The Labute approximate surface area is 117 Å². The van der Waals surface area contributed by atoms with Gasteiger partial charge in [0.2, 0.25) is 0 Å². The summed E-state index contributed by atoms with van der Waals surface area (Å²) in [4.78, 5) is 21.8. The number of hydrogen-bond acceptors (Lipinski definition) is 4. The predicted molar refractivity (Wildman–Crippen MR) is 73.6 cm³/mol. The molecule has 0 radical (unpaired) electrons. The van der Waals surface area contributed by atoms with E-state index in [9.17, 15) is 14.9 Å². The van der Waals surface area contributed by atoms with Crippen molar-refractivity contribution in [2.24, 2.45) is 0 Å². The number of rotatable bonds is 3. The van der Waals surface area contributed by atoms with E-state index < -0.39 is 16.6 Å². The Bertz CT molecular complexity index is 519. The van der Waals surface area contributed by atoms with Crippen LogP contribution in [0.3, 0.4) is 0 Å². The number of hydrogen-bond donors (Lipinski definition) is 1. The number of nitro groups is 1. The minimum absolute atomic E-state index is 0.0475. The summed E-state index contributed by atoms with van der Waals surface area (Å²) in [5.41, 5.74) is 0.560. The molecule has 1 N–H and O–H groups in total. The first-order valence-electron chi connectivity index (χ1n) is 6.50. The van der Waals surface area contributed by atoms with Crippen LogP contribution >= 0.6 is 0 Å². The molecule has 6 nitrogen and oxygen atoms in total. The SMILES string of the molecule is CC(C)(C)OC(=O)N[C@@H]1C[C@H]1c1ccc([N+](=O)[O-])cc1. The first-order valence-corrected chi connectivity index (χ1v) is 6.50. The zero-order valence-electron chi connectivity index (χ0n) is 11.8. The number of ether oxygens (including phenoxy) is 1. The van der Waals surface area contributed by atoms with Crippen molar-refractivity contribution in [3.8, 4) is 0 Å². The van der Waals surface area contributed by atoms with Gasteiger partial charge >= 0.3 is 6.09 Å². The first-order chi connectivity index (χ1) is 9.26. The van der Waals surface area contributed by atoms with Crippen molar-refractivity contribution in [2.75, 3.05) is 0 Å². The van der Waals surface area contributed by atoms with Gasteiger partial charge in [0.1, 0.15) is 5.60 Å². The average molecular weight is 278 g/mol. The van der Waals surface area contributed by atoms with E-state index in [0.29, 0.717) is 0 Å². The van der Waals surface area contributed by atoms with Crippen molar-refractivity contribution in [2.45, 2.75) is 44.8 Å². The smallest absolute Gasteiger partial charge is 0.407 e. The van der Waals surface area contributed by atoms with Gasteiger partial charge in [0, 0.05) is 24.1 Å². The van der Waals surface area contributed by atoms with Crippen LogP contribution in [0.15, 0.2) is 24.3 Å². The van der Waals surface area contributed by atoms with Gasteiger partial charge < -0.3 is 10.1 Å². The quantitative estimate of drug-likeness (QED) is 0.680. The number of nitrogens with one attached hydrogen (secondary N) is 1. The molecule has 1 aromatic rings. The maximum absolute atomic E-state index is 11.6. The fourth-order valence-corrected chi connectivity index (χ4v) is 2.03. The van der Waals surface area contributed by atoms with E-state index in [1.807, 2.05) is 20.8 Å². The highest BCUT2D eigenvalue weighted by atomic mass is 16.6. The van der Waals surface area contributed by atoms with Crippen LogP contribution in [0.1, 0.15) is 38.7 Å². The van der Waals surface area contributed by atoms with Crippen molar-refractivity contribution in [3.63, 3.8) is 0 Å². The van der Waals surface area contributed by atoms with Crippen molar-refractivity contribution >= 4 is 11.8 Å². The fraction of sp³-hybridized carbons (Fsp3) is 0.500. The molecule has 0 saturated heterocycles. The molecule has 0 bridgehead atoms. The Kier molecular flexibility index (Phi) is 3.65. The molecule has 108 valence electrons. The predicted octanol–water partition coefficient (Wildman–Crippen LogP) is 2.98. The Morgan fingerprint density at radius 3 is 2.45 bits per heavy atom. The highest BCUT2D eigenvalue weighted by molar-refractivity contribution is 5.69. The standard InChI is InChI=1S/C14H18N2O4/c1-14(2,3)20-13(17)15-12-8-11(12)9-4-6-10(7-5-9)16(18)19/h4-7,11-12H,8H2,1-3H3,(H,15,17)/t11-,12+/m0/s1.